The Bertz CT molecular complexity index is 871. The molecule has 0 radical (unpaired) electrons. The van der Waals surface area contributed by atoms with Gasteiger partial charge in [0.2, 0.25) is 0 Å². The van der Waals surface area contributed by atoms with Gasteiger partial charge < -0.3 is 9.30 Å². The quantitative estimate of drug-likeness (QED) is 0.582. The predicted octanol–water partition coefficient (Wildman–Crippen LogP) is 5.42. The van der Waals surface area contributed by atoms with Crippen LogP contribution in [0, 0.1) is 13.8 Å². The number of para-hydroxylation sites is 2. The lowest BCUT2D eigenvalue weighted by molar-refractivity contribution is 0.300. The van der Waals surface area contributed by atoms with Crippen molar-refractivity contribution in [1.82, 2.24) is 9.55 Å². The third-order valence-corrected chi connectivity index (χ3v) is 4.60. The van der Waals surface area contributed by atoms with Gasteiger partial charge in [0.05, 0.1) is 17.6 Å². The Morgan fingerprint density at radius 1 is 1.00 bits per heavy atom. The minimum atomic E-state index is 0.0218. The van der Waals surface area contributed by atoms with Gasteiger partial charge in [-0.05, 0) is 55.7 Å². The Hall–Kier alpha value is -2.29. The maximum atomic E-state index is 5.94. The number of ether oxygens (including phenoxy) is 1. The van der Waals surface area contributed by atoms with E-state index in [1.165, 1.54) is 16.6 Å². The van der Waals surface area contributed by atoms with E-state index in [-0.39, 0.29) is 5.41 Å². The maximum absolute atomic E-state index is 5.94. The van der Waals surface area contributed by atoms with Crippen LogP contribution in [-0.2, 0) is 12.0 Å². The van der Waals surface area contributed by atoms with Crippen LogP contribution in [0.1, 0.15) is 44.1 Å². The molecule has 0 aliphatic carbocycles. The molecule has 132 valence electrons. The molecule has 0 aliphatic rings. The largest absolute Gasteiger partial charge is 0.494 e. The Morgan fingerprint density at radius 3 is 2.48 bits per heavy atom. The summed E-state index contributed by atoms with van der Waals surface area (Å²) in [5.41, 5.74) is 4.87. The molecule has 0 unspecified atom stereocenters. The number of hydrogen-bond acceptors (Lipinski definition) is 2. The van der Waals surface area contributed by atoms with E-state index in [9.17, 15) is 0 Å². The zero-order valence-corrected chi connectivity index (χ0v) is 16.0. The normalized spacial score (nSPS) is 11.9. The maximum Gasteiger partial charge on any atom is 0.119 e. The summed E-state index contributed by atoms with van der Waals surface area (Å²) >= 11 is 0. The monoisotopic (exact) mass is 336 g/mol. The lowest BCUT2D eigenvalue weighted by Gasteiger charge is -2.20. The number of imidazole rings is 1. The lowest BCUT2D eigenvalue weighted by Crippen LogP contribution is -2.19. The summed E-state index contributed by atoms with van der Waals surface area (Å²) in [6.45, 7) is 12.5. The number of nitrogens with zero attached hydrogens (tertiary/aromatic N) is 2. The molecule has 0 saturated heterocycles. The van der Waals surface area contributed by atoms with Gasteiger partial charge >= 0.3 is 0 Å². The smallest absolute Gasteiger partial charge is 0.119 e. The summed E-state index contributed by atoms with van der Waals surface area (Å²) in [5, 5.41) is 0. The van der Waals surface area contributed by atoms with Crippen LogP contribution in [-0.4, -0.2) is 16.2 Å². The summed E-state index contributed by atoms with van der Waals surface area (Å²) in [6.07, 6.45) is 0.955. The van der Waals surface area contributed by atoms with E-state index < -0.39 is 0 Å². The highest BCUT2D eigenvalue weighted by atomic mass is 16.5. The molecule has 3 heteroatoms. The SMILES string of the molecule is Cc1ccc(OCCCn2c(C(C)(C)C)nc3ccccc32)cc1C. The number of fused-ring (bicyclic) bond motifs is 1. The van der Waals surface area contributed by atoms with Gasteiger partial charge in [-0.25, -0.2) is 4.98 Å². The fourth-order valence-corrected chi connectivity index (χ4v) is 3.09. The Morgan fingerprint density at radius 2 is 1.76 bits per heavy atom. The molecule has 2 aromatic carbocycles. The van der Waals surface area contributed by atoms with Crippen LogP contribution in [0.5, 0.6) is 5.75 Å². The summed E-state index contributed by atoms with van der Waals surface area (Å²) in [7, 11) is 0. The van der Waals surface area contributed by atoms with E-state index in [0.717, 1.165) is 30.1 Å². The summed E-state index contributed by atoms with van der Waals surface area (Å²) in [6, 6.07) is 14.7. The van der Waals surface area contributed by atoms with E-state index in [4.69, 9.17) is 9.72 Å². The first-order valence-corrected chi connectivity index (χ1v) is 9.02. The molecule has 3 nitrogen and oxygen atoms in total. The van der Waals surface area contributed by atoms with Crippen molar-refractivity contribution >= 4 is 11.0 Å². The molecule has 3 rings (SSSR count). The summed E-state index contributed by atoms with van der Waals surface area (Å²) < 4.78 is 8.29. The first kappa shape index (κ1) is 17.5. The van der Waals surface area contributed by atoms with E-state index in [0.29, 0.717) is 6.61 Å². The number of hydrogen-bond donors (Lipinski definition) is 0. The third-order valence-electron chi connectivity index (χ3n) is 4.60. The van der Waals surface area contributed by atoms with Gasteiger partial charge in [0, 0.05) is 12.0 Å². The van der Waals surface area contributed by atoms with E-state index in [2.05, 4.69) is 81.7 Å². The third kappa shape index (κ3) is 3.87. The van der Waals surface area contributed by atoms with Gasteiger partial charge in [-0.3, -0.25) is 0 Å². The Balaban J connectivity index is 1.71. The molecule has 0 atom stereocenters. The van der Waals surface area contributed by atoms with Crippen molar-refractivity contribution < 1.29 is 4.74 Å². The van der Waals surface area contributed by atoms with Crippen LogP contribution in [0.4, 0.5) is 0 Å². The molecule has 0 spiro atoms. The van der Waals surface area contributed by atoms with Crippen LogP contribution in [0.2, 0.25) is 0 Å². The zero-order chi connectivity index (χ0) is 18.0. The van der Waals surface area contributed by atoms with Crippen LogP contribution in [0.3, 0.4) is 0 Å². The highest BCUT2D eigenvalue weighted by molar-refractivity contribution is 5.76. The van der Waals surface area contributed by atoms with Gasteiger partial charge in [0.25, 0.3) is 0 Å². The van der Waals surface area contributed by atoms with Gasteiger partial charge in [0.1, 0.15) is 11.6 Å². The molecular formula is C22H28N2O. The minimum Gasteiger partial charge on any atom is -0.494 e. The van der Waals surface area contributed by atoms with Crippen molar-refractivity contribution in [3.63, 3.8) is 0 Å². The highest BCUT2D eigenvalue weighted by Crippen LogP contribution is 2.26. The standard InChI is InChI=1S/C22H28N2O/c1-16-11-12-18(15-17(16)2)25-14-8-13-24-20-10-7-6-9-19(20)23-21(24)22(3,4)5/h6-7,9-12,15H,8,13-14H2,1-5H3. The molecule has 3 aromatic rings. The van der Waals surface area contributed by atoms with Crippen molar-refractivity contribution in [2.75, 3.05) is 6.61 Å². The average Bonchev–Trinajstić information content (AvgIpc) is 2.94. The van der Waals surface area contributed by atoms with Crippen molar-refractivity contribution in [2.24, 2.45) is 0 Å². The molecule has 1 heterocycles. The summed E-state index contributed by atoms with van der Waals surface area (Å²) in [4.78, 5) is 4.86. The topological polar surface area (TPSA) is 27.1 Å². The van der Waals surface area contributed by atoms with Gasteiger partial charge in [-0.1, -0.05) is 39.0 Å². The zero-order valence-electron chi connectivity index (χ0n) is 16.0. The van der Waals surface area contributed by atoms with Crippen LogP contribution < -0.4 is 4.74 Å². The predicted molar refractivity (Wildman–Crippen MR) is 104 cm³/mol. The van der Waals surface area contributed by atoms with Gasteiger partial charge in [-0.15, -0.1) is 0 Å². The average molecular weight is 336 g/mol. The number of benzene rings is 2. The number of aromatic nitrogens is 2. The van der Waals surface area contributed by atoms with Crippen molar-refractivity contribution in [3.8, 4) is 5.75 Å². The molecule has 25 heavy (non-hydrogen) atoms. The van der Waals surface area contributed by atoms with Crippen LogP contribution in [0.25, 0.3) is 11.0 Å². The number of aryl methyl sites for hydroxylation is 3. The van der Waals surface area contributed by atoms with Crippen LogP contribution in [0.15, 0.2) is 42.5 Å². The van der Waals surface area contributed by atoms with E-state index >= 15 is 0 Å². The lowest BCUT2D eigenvalue weighted by atomic mass is 9.95. The van der Waals surface area contributed by atoms with Gasteiger partial charge in [-0.2, -0.15) is 0 Å². The second-order valence-electron chi connectivity index (χ2n) is 7.77. The molecule has 0 saturated carbocycles. The molecule has 0 fully saturated rings. The molecule has 1 aromatic heterocycles. The fraction of sp³-hybridized carbons (Fsp3) is 0.409. The van der Waals surface area contributed by atoms with E-state index in [1.54, 1.807) is 0 Å². The molecular weight excluding hydrogens is 308 g/mol. The van der Waals surface area contributed by atoms with Gasteiger partial charge in [0.15, 0.2) is 0 Å². The highest BCUT2D eigenvalue weighted by Gasteiger charge is 2.22. The van der Waals surface area contributed by atoms with Crippen molar-refractivity contribution in [2.45, 2.75) is 53.0 Å². The first-order valence-electron chi connectivity index (χ1n) is 9.02. The Labute approximate surface area is 150 Å². The number of rotatable bonds is 5. The second-order valence-corrected chi connectivity index (χ2v) is 7.77. The second kappa shape index (κ2) is 6.91. The fourth-order valence-electron chi connectivity index (χ4n) is 3.09. The molecule has 0 aliphatic heterocycles. The first-order chi connectivity index (χ1) is 11.9. The molecule has 0 N–H and O–H groups in total. The summed E-state index contributed by atoms with van der Waals surface area (Å²) in [5.74, 6) is 2.09. The minimum absolute atomic E-state index is 0.0218. The van der Waals surface area contributed by atoms with E-state index in [1.807, 2.05) is 0 Å². The molecule has 0 amide bonds. The van der Waals surface area contributed by atoms with Crippen molar-refractivity contribution in [3.05, 3.63) is 59.4 Å². The van der Waals surface area contributed by atoms with Crippen molar-refractivity contribution in [1.29, 1.82) is 0 Å². The molecule has 0 bridgehead atoms. The van der Waals surface area contributed by atoms with Crippen LogP contribution >= 0.6 is 0 Å². The Kier molecular flexibility index (Phi) is 4.85.